The average Bonchev–Trinajstić information content (AvgIpc) is 2.90. The van der Waals surface area contributed by atoms with Gasteiger partial charge in [0, 0.05) is 16.9 Å². The predicted octanol–water partition coefficient (Wildman–Crippen LogP) is 2.40. The Morgan fingerprint density at radius 2 is 1.89 bits per heavy atom. The number of carbonyl (C=O) groups is 2. The molecule has 0 aliphatic rings. The Balaban J connectivity index is 2.33. The van der Waals surface area contributed by atoms with E-state index in [1.54, 1.807) is 42.6 Å². The monoisotopic (exact) mass is 278 g/mol. The topological polar surface area (TPSA) is 73.4 Å². The van der Waals surface area contributed by atoms with Crippen LogP contribution in [0, 0.1) is 0 Å². The fraction of sp³-hybridized carbons (Fsp3) is 0.0769. The van der Waals surface area contributed by atoms with Crippen molar-refractivity contribution in [1.29, 1.82) is 0 Å². The molecule has 2 aromatic rings. The third kappa shape index (κ3) is 3.14. The molecule has 1 aromatic carbocycles. The number of hydrogen-bond donors (Lipinski definition) is 2. The molecule has 19 heavy (non-hydrogen) atoms. The zero-order valence-electron chi connectivity index (χ0n) is 9.84. The lowest BCUT2D eigenvalue weighted by Crippen LogP contribution is -2.35. The Labute approximate surface area is 114 Å². The Kier molecular flexibility index (Phi) is 3.87. The van der Waals surface area contributed by atoms with Gasteiger partial charge in [-0.05, 0) is 36.4 Å². The fourth-order valence-corrected chi connectivity index (χ4v) is 1.77. The Morgan fingerprint density at radius 1 is 1.21 bits per heavy atom. The highest BCUT2D eigenvalue weighted by Crippen LogP contribution is 2.19. The zero-order valence-corrected chi connectivity index (χ0v) is 10.6. The summed E-state index contributed by atoms with van der Waals surface area (Å²) < 4.78 is 0. The Hall–Kier alpha value is -2.27. The number of aromatic amines is 1. The van der Waals surface area contributed by atoms with Gasteiger partial charge in [0.25, 0.3) is 5.91 Å². The number of benzene rings is 1. The molecule has 1 amide bonds. The standard InChI is InChI=1S/C13H11ClN2O3/c14-9-3-5-10(6-4-9)16(8-12(17)18)13(19)11-2-1-7-15-11/h1-7,15H,8H2,(H,17,18). The first-order chi connectivity index (χ1) is 9.08. The van der Waals surface area contributed by atoms with Gasteiger partial charge in [-0.1, -0.05) is 11.6 Å². The number of rotatable bonds is 4. The van der Waals surface area contributed by atoms with Crippen LogP contribution in [-0.2, 0) is 4.79 Å². The molecule has 2 rings (SSSR count). The predicted molar refractivity (Wildman–Crippen MR) is 71.6 cm³/mol. The Morgan fingerprint density at radius 3 is 2.42 bits per heavy atom. The van der Waals surface area contributed by atoms with Gasteiger partial charge in [-0.25, -0.2) is 0 Å². The van der Waals surface area contributed by atoms with Crippen LogP contribution in [0.3, 0.4) is 0 Å². The number of hydrogen-bond acceptors (Lipinski definition) is 2. The second kappa shape index (κ2) is 5.58. The summed E-state index contributed by atoms with van der Waals surface area (Å²) in [4.78, 5) is 27.1. The van der Waals surface area contributed by atoms with Crippen molar-refractivity contribution in [3.63, 3.8) is 0 Å². The summed E-state index contributed by atoms with van der Waals surface area (Å²) in [5.41, 5.74) is 0.808. The molecular formula is C13H11ClN2O3. The van der Waals surface area contributed by atoms with E-state index in [0.29, 0.717) is 16.4 Å². The molecule has 0 saturated carbocycles. The quantitative estimate of drug-likeness (QED) is 0.902. The summed E-state index contributed by atoms with van der Waals surface area (Å²) in [6.07, 6.45) is 1.61. The van der Waals surface area contributed by atoms with Gasteiger partial charge in [0.1, 0.15) is 12.2 Å². The number of aromatic nitrogens is 1. The molecule has 6 heteroatoms. The van der Waals surface area contributed by atoms with Crippen LogP contribution in [0.2, 0.25) is 5.02 Å². The fourth-order valence-electron chi connectivity index (χ4n) is 1.65. The molecule has 0 radical (unpaired) electrons. The van der Waals surface area contributed by atoms with Gasteiger partial charge >= 0.3 is 5.97 Å². The van der Waals surface area contributed by atoms with E-state index in [1.807, 2.05) is 0 Å². The van der Waals surface area contributed by atoms with Gasteiger partial charge in [-0.2, -0.15) is 0 Å². The molecule has 0 spiro atoms. The Bertz CT molecular complexity index is 578. The first-order valence-corrected chi connectivity index (χ1v) is 5.88. The van der Waals surface area contributed by atoms with E-state index in [-0.39, 0.29) is 0 Å². The second-order valence-electron chi connectivity index (χ2n) is 3.85. The normalized spacial score (nSPS) is 10.2. The zero-order chi connectivity index (χ0) is 13.8. The highest BCUT2D eigenvalue weighted by Gasteiger charge is 2.20. The SMILES string of the molecule is O=C(O)CN(C(=O)c1ccc[nH]1)c1ccc(Cl)cc1. The molecule has 0 atom stereocenters. The van der Waals surface area contributed by atoms with Crippen LogP contribution in [0.25, 0.3) is 0 Å². The summed E-state index contributed by atoms with van der Waals surface area (Å²) in [5.74, 6) is -1.50. The lowest BCUT2D eigenvalue weighted by Gasteiger charge is -2.20. The lowest BCUT2D eigenvalue weighted by atomic mass is 10.2. The minimum Gasteiger partial charge on any atom is -0.480 e. The lowest BCUT2D eigenvalue weighted by molar-refractivity contribution is -0.135. The number of H-pyrrole nitrogens is 1. The molecule has 0 fully saturated rings. The van der Waals surface area contributed by atoms with Crippen molar-refractivity contribution >= 4 is 29.2 Å². The van der Waals surface area contributed by atoms with Gasteiger partial charge in [0.05, 0.1) is 0 Å². The van der Waals surface area contributed by atoms with Crippen molar-refractivity contribution < 1.29 is 14.7 Å². The first kappa shape index (κ1) is 13.2. The molecule has 5 nitrogen and oxygen atoms in total. The number of amides is 1. The molecule has 1 heterocycles. The molecule has 0 unspecified atom stereocenters. The number of carboxylic acid groups (broad SMARTS) is 1. The third-order valence-corrected chi connectivity index (χ3v) is 2.76. The second-order valence-corrected chi connectivity index (χ2v) is 4.28. The number of nitrogens with one attached hydrogen (secondary N) is 1. The summed E-state index contributed by atoms with van der Waals surface area (Å²) in [7, 11) is 0. The highest BCUT2D eigenvalue weighted by atomic mass is 35.5. The highest BCUT2D eigenvalue weighted by molar-refractivity contribution is 6.30. The van der Waals surface area contributed by atoms with Crippen molar-refractivity contribution in [3.05, 3.63) is 53.3 Å². The van der Waals surface area contributed by atoms with Gasteiger partial charge in [0.15, 0.2) is 0 Å². The largest absolute Gasteiger partial charge is 0.480 e. The molecule has 0 saturated heterocycles. The van der Waals surface area contributed by atoms with E-state index in [2.05, 4.69) is 4.98 Å². The van der Waals surface area contributed by atoms with Crippen molar-refractivity contribution in [3.8, 4) is 0 Å². The van der Waals surface area contributed by atoms with Crippen molar-refractivity contribution in [2.45, 2.75) is 0 Å². The van der Waals surface area contributed by atoms with Crippen molar-refractivity contribution in [2.75, 3.05) is 11.4 Å². The molecule has 0 bridgehead atoms. The summed E-state index contributed by atoms with van der Waals surface area (Å²) in [5, 5.41) is 9.44. The summed E-state index contributed by atoms with van der Waals surface area (Å²) in [6.45, 7) is -0.417. The third-order valence-electron chi connectivity index (χ3n) is 2.51. The molecular weight excluding hydrogens is 268 g/mol. The number of carboxylic acids is 1. The van der Waals surface area contributed by atoms with Crippen LogP contribution in [0.15, 0.2) is 42.6 Å². The maximum absolute atomic E-state index is 12.2. The van der Waals surface area contributed by atoms with Crippen LogP contribution in [-0.4, -0.2) is 28.5 Å². The average molecular weight is 279 g/mol. The van der Waals surface area contributed by atoms with Crippen LogP contribution in [0.4, 0.5) is 5.69 Å². The van der Waals surface area contributed by atoms with E-state index >= 15 is 0 Å². The number of halogens is 1. The van der Waals surface area contributed by atoms with Crippen molar-refractivity contribution in [1.82, 2.24) is 4.98 Å². The molecule has 0 aliphatic heterocycles. The minimum atomic E-state index is -1.09. The van der Waals surface area contributed by atoms with Crippen molar-refractivity contribution in [2.24, 2.45) is 0 Å². The maximum atomic E-state index is 12.2. The molecule has 0 aliphatic carbocycles. The van der Waals surface area contributed by atoms with E-state index in [4.69, 9.17) is 16.7 Å². The van der Waals surface area contributed by atoms with Gasteiger partial charge in [0.2, 0.25) is 0 Å². The van der Waals surface area contributed by atoms with E-state index in [0.717, 1.165) is 0 Å². The van der Waals surface area contributed by atoms with E-state index < -0.39 is 18.4 Å². The smallest absolute Gasteiger partial charge is 0.323 e. The first-order valence-electron chi connectivity index (χ1n) is 5.50. The van der Waals surface area contributed by atoms with Gasteiger partial charge in [-0.3, -0.25) is 14.5 Å². The van der Waals surface area contributed by atoms with Gasteiger partial charge < -0.3 is 10.1 Å². The minimum absolute atomic E-state index is 0.330. The van der Waals surface area contributed by atoms with E-state index in [9.17, 15) is 9.59 Å². The maximum Gasteiger partial charge on any atom is 0.323 e. The molecule has 1 aromatic heterocycles. The number of aliphatic carboxylic acids is 1. The molecule has 98 valence electrons. The number of anilines is 1. The summed E-state index contributed by atoms with van der Waals surface area (Å²) in [6, 6.07) is 9.68. The van der Waals surface area contributed by atoms with Gasteiger partial charge in [-0.15, -0.1) is 0 Å². The number of carbonyl (C=O) groups excluding carboxylic acids is 1. The van der Waals surface area contributed by atoms with Crippen LogP contribution < -0.4 is 4.90 Å². The van der Waals surface area contributed by atoms with E-state index in [1.165, 1.54) is 4.90 Å². The van der Waals surface area contributed by atoms with Crippen LogP contribution in [0.1, 0.15) is 10.5 Å². The van der Waals surface area contributed by atoms with Crippen LogP contribution >= 0.6 is 11.6 Å². The summed E-state index contributed by atoms with van der Waals surface area (Å²) >= 11 is 5.78. The number of nitrogens with zero attached hydrogens (tertiary/aromatic N) is 1. The molecule has 2 N–H and O–H groups in total. The van der Waals surface area contributed by atoms with Crippen LogP contribution in [0.5, 0.6) is 0 Å².